The number of carboxylic acid groups (broad SMARTS) is 1. The smallest absolute Gasteiger partial charge is 0.307 e. The van der Waals surface area contributed by atoms with Gasteiger partial charge in [-0.1, -0.05) is 18.2 Å². The number of carbonyl (C=O) groups is 1. The molecule has 1 aliphatic rings. The molecular formula is C18H23N3O2. The molecule has 1 aliphatic heterocycles. The summed E-state index contributed by atoms with van der Waals surface area (Å²) in [4.78, 5) is 13.5. The number of para-hydroxylation sites is 1. The fourth-order valence-corrected chi connectivity index (χ4v) is 3.18. The third-order valence-electron chi connectivity index (χ3n) is 4.76. The van der Waals surface area contributed by atoms with Crippen molar-refractivity contribution >= 4 is 5.97 Å². The van der Waals surface area contributed by atoms with Crippen molar-refractivity contribution in [3.8, 4) is 5.69 Å². The van der Waals surface area contributed by atoms with Crippen LogP contribution >= 0.6 is 0 Å². The molecule has 2 heterocycles. The Balaban J connectivity index is 1.77. The number of nitrogens with zero attached hydrogens (tertiary/aromatic N) is 3. The summed E-state index contributed by atoms with van der Waals surface area (Å²) in [6, 6.07) is 10.4. The minimum absolute atomic E-state index is 0.254. The van der Waals surface area contributed by atoms with Crippen molar-refractivity contribution in [2.24, 2.45) is 5.92 Å². The molecule has 0 aliphatic carbocycles. The molecule has 1 aromatic heterocycles. The number of likely N-dealkylation sites (tertiary alicyclic amines) is 1. The SMILES string of the molecule is Cc1nn(-c2ccccc2)cc1CN1C[C@@H](C(=O)O)CC[C@@H]1C. The average molecular weight is 313 g/mol. The molecule has 1 aromatic carbocycles. The van der Waals surface area contributed by atoms with Gasteiger partial charge in [-0.25, -0.2) is 4.68 Å². The summed E-state index contributed by atoms with van der Waals surface area (Å²) in [5.74, 6) is -0.936. The second-order valence-corrected chi connectivity index (χ2v) is 6.41. The highest BCUT2D eigenvalue weighted by molar-refractivity contribution is 5.70. The van der Waals surface area contributed by atoms with Gasteiger partial charge in [0.05, 0.1) is 17.3 Å². The number of aliphatic carboxylic acids is 1. The van der Waals surface area contributed by atoms with Crippen LogP contribution in [0.4, 0.5) is 0 Å². The maximum atomic E-state index is 11.3. The molecule has 1 saturated heterocycles. The van der Waals surface area contributed by atoms with E-state index in [-0.39, 0.29) is 5.92 Å². The van der Waals surface area contributed by atoms with Gasteiger partial charge in [-0.2, -0.15) is 5.10 Å². The van der Waals surface area contributed by atoms with Gasteiger partial charge in [0.15, 0.2) is 0 Å². The first kappa shape index (κ1) is 15.7. The lowest BCUT2D eigenvalue weighted by molar-refractivity contribution is -0.144. The van der Waals surface area contributed by atoms with Crippen LogP contribution in [0.3, 0.4) is 0 Å². The van der Waals surface area contributed by atoms with E-state index in [4.69, 9.17) is 0 Å². The summed E-state index contributed by atoms with van der Waals surface area (Å²) < 4.78 is 1.90. The molecule has 0 radical (unpaired) electrons. The zero-order chi connectivity index (χ0) is 16.4. The van der Waals surface area contributed by atoms with Gasteiger partial charge in [0, 0.05) is 30.9 Å². The average Bonchev–Trinajstić information content (AvgIpc) is 2.91. The summed E-state index contributed by atoms with van der Waals surface area (Å²) in [5.41, 5.74) is 3.20. The van der Waals surface area contributed by atoms with E-state index in [1.54, 1.807) is 0 Å². The van der Waals surface area contributed by atoms with E-state index >= 15 is 0 Å². The number of carboxylic acids is 1. The van der Waals surface area contributed by atoms with E-state index in [1.807, 2.05) is 41.9 Å². The van der Waals surface area contributed by atoms with Crippen LogP contribution in [0.2, 0.25) is 0 Å². The monoisotopic (exact) mass is 313 g/mol. The number of rotatable bonds is 4. The van der Waals surface area contributed by atoms with Gasteiger partial charge in [-0.3, -0.25) is 9.69 Å². The summed E-state index contributed by atoms with van der Waals surface area (Å²) in [5, 5.41) is 13.9. The fourth-order valence-electron chi connectivity index (χ4n) is 3.18. The Bertz CT molecular complexity index is 681. The number of aromatic nitrogens is 2. The summed E-state index contributed by atoms with van der Waals surface area (Å²) in [6.45, 7) is 5.56. The largest absolute Gasteiger partial charge is 0.481 e. The molecule has 0 saturated carbocycles. The lowest BCUT2D eigenvalue weighted by atomic mass is 9.93. The first-order valence-electron chi connectivity index (χ1n) is 8.12. The van der Waals surface area contributed by atoms with Gasteiger partial charge in [0.1, 0.15) is 0 Å². The lowest BCUT2D eigenvalue weighted by Crippen LogP contribution is -2.43. The molecule has 1 fully saturated rings. The normalized spacial score (nSPS) is 22.2. The second kappa shape index (κ2) is 6.54. The Kier molecular flexibility index (Phi) is 4.48. The zero-order valence-corrected chi connectivity index (χ0v) is 13.6. The molecular weight excluding hydrogens is 290 g/mol. The van der Waals surface area contributed by atoms with Crippen LogP contribution in [0.15, 0.2) is 36.5 Å². The maximum absolute atomic E-state index is 11.3. The molecule has 0 bridgehead atoms. The topological polar surface area (TPSA) is 58.4 Å². The van der Waals surface area contributed by atoms with Crippen LogP contribution < -0.4 is 0 Å². The molecule has 2 atom stereocenters. The summed E-state index contributed by atoms with van der Waals surface area (Å²) >= 11 is 0. The van der Waals surface area contributed by atoms with Crippen LogP contribution in [0.1, 0.15) is 31.0 Å². The van der Waals surface area contributed by atoms with Crippen molar-refractivity contribution in [3.63, 3.8) is 0 Å². The molecule has 2 aromatic rings. The van der Waals surface area contributed by atoms with Gasteiger partial charge >= 0.3 is 5.97 Å². The van der Waals surface area contributed by atoms with Gasteiger partial charge in [0.2, 0.25) is 0 Å². The highest BCUT2D eigenvalue weighted by Gasteiger charge is 2.30. The Hall–Kier alpha value is -2.14. The Labute approximate surface area is 136 Å². The van der Waals surface area contributed by atoms with Crippen LogP contribution in [-0.4, -0.2) is 38.3 Å². The van der Waals surface area contributed by atoms with Gasteiger partial charge in [-0.05, 0) is 38.8 Å². The fraction of sp³-hybridized carbons (Fsp3) is 0.444. The number of hydrogen-bond donors (Lipinski definition) is 1. The number of aryl methyl sites for hydroxylation is 1. The predicted octanol–water partition coefficient (Wildman–Crippen LogP) is 2.87. The van der Waals surface area contributed by atoms with Gasteiger partial charge < -0.3 is 5.11 Å². The van der Waals surface area contributed by atoms with E-state index < -0.39 is 5.97 Å². The van der Waals surface area contributed by atoms with E-state index in [1.165, 1.54) is 0 Å². The quantitative estimate of drug-likeness (QED) is 0.943. The molecule has 0 amide bonds. The molecule has 5 nitrogen and oxygen atoms in total. The van der Waals surface area contributed by atoms with E-state index in [0.29, 0.717) is 12.6 Å². The highest BCUT2D eigenvalue weighted by Crippen LogP contribution is 2.25. The second-order valence-electron chi connectivity index (χ2n) is 6.41. The van der Waals surface area contributed by atoms with Crippen LogP contribution in [-0.2, 0) is 11.3 Å². The molecule has 0 unspecified atom stereocenters. The van der Waals surface area contributed by atoms with Crippen molar-refractivity contribution in [3.05, 3.63) is 47.8 Å². The van der Waals surface area contributed by atoms with Gasteiger partial charge in [-0.15, -0.1) is 0 Å². The molecule has 1 N–H and O–H groups in total. The van der Waals surface area contributed by atoms with Crippen molar-refractivity contribution in [1.29, 1.82) is 0 Å². The first-order chi connectivity index (χ1) is 11.0. The number of benzene rings is 1. The van der Waals surface area contributed by atoms with Crippen LogP contribution in [0.25, 0.3) is 5.69 Å². The standard InChI is InChI=1S/C18H23N3O2/c1-13-8-9-15(18(22)23)10-20(13)11-16-12-21(19-14(16)2)17-6-4-3-5-7-17/h3-7,12-13,15H,8-11H2,1-2H3,(H,22,23)/t13-,15-/m0/s1. The van der Waals surface area contributed by atoms with Gasteiger partial charge in [0.25, 0.3) is 0 Å². The molecule has 0 spiro atoms. The third kappa shape index (κ3) is 3.45. The van der Waals surface area contributed by atoms with Crippen LogP contribution in [0, 0.1) is 12.8 Å². The number of hydrogen-bond acceptors (Lipinski definition) is 3. The Morgan fingerprint density at radius 2 is 2.04 bits per heavy atom. The van der Waals surface area contributed by atoms with E-state index in [0.717, 1.165) is 36.3 Å². The highest BCUT2D eigenvalue weighted by atomic mass is 16.4. The minimum Gasteiger partial charge on any atom is -0.481 e. The first-order valence-corrected chi connectivity index (χ1v) is 8.12. The van der Waals surface area contributed by atoms with Crippen molar-refractivity contribution in [1.82, 2.24) is 14.7 Å². The van der Waals surface area contributed by atoms with Crippen LogP contribution in [0.5, 0.6) is 0 Å². The molecule has 3 rings (SSSR count). The third-order valence-corrected chi connectivity index (χ3v) is 4.76. The lowest BCUT2D eigenvalue weighted by Gasteiger charge is -2.36. The number of piperidine rings is 1. The Morgan fingerprint density at radius 3 is 2.74 bits per heavy atom. The predicted molar refractivity (Wildman–Crippen MR) is 88.5 cm³/mol. The summed E-state index contributed by atoms with van der Waals surface area (Å²) in [7, 11) is 0. The maximum Gasteiger partial charge on any atom is 0.307 e. The minimum atomic E-state index is -0.682. The molecule has 5 heteroatoms. The zero-order valence-electron chi connectivity index (χ0n) is 13.6. The van der Waals surface area contributed by atoms with E-state index in [2.05, 4.69) is 23.1 Å². The van der Waals surface area contributed by atoms with Crippen molar-refractivity contribution in [2.75, 3.05) is 6.54 Å². The molecule has 122 valence electrons. The molecule has 23 heavy (non-hydrogen) atoms. The van der Waals surface area contributed by atoms with Crippen molar-refractivity contribution < 1.29 is 9.90 Å². The Morgan fingerprint density at radius 1 is 1.30 bits per heavy atom. The summed E-state index contributed by atoms with van der Waals surface area (Å²) in [6.07, 6.45) is 3.76. The van der Waals surface area contributed by atoms with E-state index in [9.17, 15) is 9.90 Å². The van der Waals surface area contributed by atoms with Crippen molar-refractivity contribution in [2.45, 2.75) is 39.3 Å².